The van der Waals surface area contributed by atoms with Gasteiger partial charge in [0.1, 0.15) is 12.3 Å². The van der Waals surface area contributed by atoms with Crippen molar-refractivity contribution in [2.45, 2.75) is 40.2 Å². The first-order valence-corrected chi connectivity index (χ1v) is 10.7. The summed E-state index contributed by atoms with van der Waals surface area (Å²) in [6.45, 7) is 9.01. The van der Waals surface area contributed by atoms with Crippen LogP contribution in [0.1, 0.15) is 31.9 Å². The van der Waals surface area contributed by atoms with E-state index in [2.05, 4.69) is 5.32 Å². The van der Waals surface area contributed by atoms with E-state index in [0.717, 1.165) is 11.1 Å². The van der Waals surface area contributed by atoms with Crippen LogP contribution in [0.5, 0.6) is 17.2 Å². The largest absolute Gasteiger partial charge is 0.490 e. The number of hydrogen-bond donors (Lipinski definition) is 1. The van der Waals surface area contributed by atoms with Gasteiger partial charge in [-0.2, -0.15) is 0 Å². The average Bonchev–Trinajstić information content (AvgIpc) is 2.74. The van der Waals surface area contributed by atoms with Crippen LogP contribution in [0.4, 0.5) is 5.69 Å². The second-order valence-corrected chi connectivity index (χ2v) is 7.40. The first kappa shape index (κ1) is 22.5. The lowest BCUT2D eigenvalue weighted by molar-refractivity contribution is -0.128. The van der Waals surface area contributed by atoms with Crippen molar-refractivity contribution in [3.05, 3.63) is 47.5 Å². The van der Waals surface area contributed by atoms with E-state index in [1.807, 2.05) is 57.2 Å². The van der Waals surface area contributed by atoms with Gasteiger partial charge in [-0.3, -0.25) is 14.5 Å². The van der Waals surface area contributed by atoms with Gasteiger partial charge in [0.15, 0.2) is 17.6 Å². The van der Waals surface area contributed by atoms with Crippen molar-refractivity contribution in [3.63, 3.8) is 0 Å². The molecule has 7 heteroatoms. The summed E-state index contributed by atoms with van der Waals surface area (Å²) in [6, 6.07) is 11.4. The normalized spacial score (nSPS) is 15.2. The maximum absolute atomic E-state index is 12.6. The van der Waals surface area contributed by atoms with Crippen LogP contribution < -0.4 is 24.4 Å². The number of rotatable bonds is 9. The molecule has 31 heavy (non-hydrogen) atoms. The molecule has 1 heterocycles. The molecule has 2 aromatic rings. The summed E-state index contributed by atoms with van der Waals surface area (Å²) < 4.78 is 16.9. The van der Waals surface area contributed by atoms with Crippen molar-refractivity contribution >= 4 is 17.5 Å². The van der Waals surface area contributed by atoms with E-state index in [0.29, 0.717) is 49.1 Å². The molecule has 0 fully saturated rings. The zero-order chi connectivity index (χ0) is 22.4. The van der Waals surface area contributed by atoms with Crippen molar-refractivity contribution < 1.29 is 23.8 Å². The predicted molar refractivity (Wildman–Crippen MR) is 119 cm³/mol. The average molecular weight is 427 g/mol. The molecule has 0 bridgehead atoms. The molecule has 0 saturated carbocycles. The van der Waals surface area contributed by atoms with Crippen LogP contribution in [0, 0.1) is 6.92 Å². The summed E-state index contributed by atoms with van der Waals surface area (Å²) in [5.41, 5.74) is 2.66. The topological polar surface area (TPSA) is 77.1 Å². The Morgan fingerprint density at radius 2 is 1.84 bits per heavy atom. The van der Waals surface area contributed by atoms with E-state index in [1.165, 1.54) is 4.90 Å². The van der Waals surface area contributed by atoms with E-state index in [1.54, 1.807) is 6.92 Å². The molecule has 3 rings (SSSR count). The third-order valence-electron chi connectivity index (χ3n) is 4.97. The molecule has 1 aliphatic rings. The third-order valence-corrected chi connectivity index (χ3v) is 4.97. The van der Waals surface area contributed by atoms with Gasteiger partial charge in [-0.05, 0) is 69.5 Å². The molecule has 7 nitrogen and oxygen atoms in total. The summed E-state index contributed by atoms with van der Waals surface area (Å²) in [5.74, 6) is 1.59. The molecule has 0 saturated heterocycles. The van der Waals surface area contributed by atoms with E-state index in [9.17, 15) is 9.59 Å². The highest BCUT2D eigenvalue weighted by atomic mass is 16.5. The van der Waals surface area contributed by atoms with Gasteiger partial charge in [-0.15, -0.1) is 0 Å². The number of nitrogens with zero attached hydrogens (tertiary/aromatic N) is 1. The summed E-state index contributed by atoms with van der Waals surface area (Å²) >= 11 is 0. The summed E-state index contributed by atoms with van der Waals surface area (Å²) in [7, 11) is 0. The van der Waals surface area contributed by atoms with Crippen LogP contribution in [-0.4, -0.2) is 44.2 Å². The molecule has 1 atom stereocenters. The fourth-order valence-corrected chi connectivity index (χ4v) is 3.48. The second kappa shape index (κ2) is 10.2. The van der Waals surface area contributed by atoms with Crippen molar-refractivity contribution in [3.8, 4) is 17.2 Å². The second-order valence-electron chi connectivity index (χ2n) is 7.40. The Morgan fingerprint density at radius 3 is 2.58 bits per heavy atom. The van der Waals surface area contributed by atoms with Crippen LogP contribution in [0.15, 0.2) is 36.4 Å². The monoisotopic (exact) mass is 426 g/mol. The van der Waals surface area contributed by atoms with Crippen molar-refractivity contribution in [1.82, 2.24) is 5.32 Å². The number of carbonyl (C=O) groups excluding carboxylic acids is 2. The van der Waals surface area contributed by atoms with Gasteiger partial charge >= 0.3 is 0 Å². The molecule has 0 aliphatic carbocycles. The van der Waals surface area contributed by atoms with Crippen molar-refractivity contribution in [2.24, 2.45) is 0 Å². The van der Waals surface area contributed by atoms with Crippen LogP contribution in [0.25, 0.3) is 0 Å². The number of aryl methyl sites for hydroxylation is 1. The molecular weight excluding hydrogens is 396 g/mol. The Hall–Kier alpha value is -3.22. The van der Waals surface area contributed by atoms with Crippen LogP contribution in [0.3, 0.4) is 0 Å². The van der Waals surface area contributed by atoms with Crippen molar-refractivity contribution in [1.29, 1.82) is 0 Å². The smallest absolute Gasteiger partial charge is 0.268 e. The highest BCUT2D eigenvalue weighted by molar-refractivity contribution is 6.03. The Bertz CT molecular complexity index is 944. The number of carbonyl (C=O) groups is 2. The Labute approximate surface area is 183 Å². The molecule has 1 aliphatic heterocycles. The van der Waals surface area contributed by atoms with Crippen molar-refractivity contribution in [2.75, 3.05) is 31.2 Å². The molecule has 2 amide bonds. The first-order chi connectivity index (χ1) is 14.9. The number of ether oxygens (including phenoxy) is 3. The zero-order valence-corrected chi connectivity index (χ0v) is 18.6. The van der Waals surface area contributed by atoms with Gasteiger partial charge < -0.3 is 19.5 Å². The molecule has 1 unspecified atom stereocenters. The SMILES string of the molecule is CCOc1ccc(CCNC(=O)CN2C(=O)C(C)Oc3ccc(C)cc32)cc1OCC. The zero-order valence-electron chi connectivity index (χ0n) is 18.6. The number of benzene rings is 2. The summed E-state index contributed by atoms with van der Waals surface area (Å²) in [5, 5.41) is 2.90. The van der Waals surface area contributed by atoms with Gasteiger partial charge in [-0.25, -0.2) is 0 Å². The van der Waals surface area contributed by atoms with Gasteiger partial charge in [-0.1, -0.05) is 12.1 Å². The van der Waals surface area contributed by atoms with E-state index < -0.39 is 6.10 Å². The molecule has 2 aromatic carbocycles. The Morgan fingerprint density at radius 1 is 1.10 bits per heavy atom. The van der Waals surface area contributed by atoms with Crippen LogP contribution in [-0.2, 0) is 16.0 Å². The number of hydrogen-bond acceptors (Lipinski definition) is 5. The Kier molecular flexibility index (Phi) is 7.39. The predicted octanol–water partition coefficient (Wildman–Crippen LogP) is 3.27. The maximum Gasteiger partial charge on any atom is 0.268 e. The van der Waals surface area contributed by atoms with Crippen LogP contribution >= 0.6 is 0 Å². The molecule has 1 N–H and O–H groups in total. The quantitative estimate of drug-likeness (QED) is 0.666. The minimum Gasteiger partial charge on any atom is -0.490 e. The number of nitrogens with one attached hydrogen (secondary N) is 1. The van der Waals surface area contributed by atoms with E-state index in [-0.39, 0.29) is 18.4 Å². The molecular formula is C24H30N2O5. The van der Waals surface area contributed by atoms with E-state index >= 15 is 0 Å². The standard InChI is InChI=1S/C24H30N2O5/c1-5-29-21-10-8-18(14-22(21)30-6-2)11-12-25-23(27)15-26-19-13-16(3)7-9-20(19)31-17(4)24(26)28/h7-10,13-14,17H,5-6,11-12,15H2,1-4H3,(H,25,27). The number of anilines is 1. The minimum atomic E-state index is -0.621. The van der Waals surface area contributed by atoms with Gasteiger partial charge in [0.2, 0.25) is 5.91 Å². The molecule has 0 spiro atoms. The summed E-state index contributed by atoms with van der Waals surface area (Å²) in [4.78, 5) is 26.7. The fraction of sp³-hybridized carbons (Fsp3) is 0.417. The fourth-order valence-electron chi connectivity index (χ4n) is 3.48. The van der Waals surface area contributed by atoms with Gasteiger partial charge in [0, 0.05) is 6.54 Å². The first-order valence-electron chi connectivity index (χ1n) is 10.7. The molecule has 0 aromatic heterocycles. The number of fused-ring (bicyclic) bond motifs is 1. The number of amides is 2. The Balaban J connectivity index is 1.60. The lowest BCUT2D eigenvalue weighted by Gasteiger charge is -2.32. The molecule has 166 valence electrons. The third kappa shape index (κ3) is 5.48. The molecule has 0 radical (unpaired) electrons. The highest BCUT2D eigenvalue weighted by Gasteiger charge is 2.32. The maximum atomic E-state index is 12.6. The lowest BCUT2D eigenvalue weighted by Crippen LogP contribution is -2.49. The highest BCUT2D eigenvalue weighted by Crippen LogP contribution is 2.34. The lowest BCUT2D eigenvalue weighted by atomic mass is 10.1. The van der Waals surface area contributed by atoms with E-state index in [4.69, 9.17) is 14.2 Å². The summed E-state index contributed by atoms with van der Waals surface area (Å²) in [6.07, 6.45) is 0.0188. The van der Waals surface area contributed by atoms with Crippen LogP contribution in [0.2, 0.25) is 0 Å². The van der Waals surface area contributed by atoms with Gasteiger partial charge in [0.25, 0.3) is 5.91 Å². The minimum absolute atomic E-state index is 0.0452. The van der Waals surface area contributed by atoms with Gasteiger partial charge in [0.05, 0.1) is 18.9 Å².